The Kier molecular flexibility index (Phi) is 13.2. The van der Waals surface area contributed by atoms with Gasteiger partial charge in [-0.3, -0.25) is 9.59 Å². The summed E-state index contributed by atoms with van der Waals surface area (Å²) in [5.41, 5.74) is -3.21. The van der Waals surface area contributed by atoms with E-state index in [2.05, 4.69) is 4.18 Å². The number of ether oxygens (including phenoxy) is 2. The van der Waals surface area contributed by atoms with Crippen molar-refractivity contribution in [2.45, 2.75) is 44.8 Å². The molecule has 0 spiro atoms. The summed E-state index contributed by atoms with van der Waals surface area (Å²) >= 11 is 0. The number of nitrogens with zero attached hydrogens (tertiary/aromatic N) is 2. The fourth-order valence-electron chi connectivity index (χ4n) is 6.60. The van der Waals surface area contributed by atoms with Gasteiger partial charge in [-0.2, -0.15) is 47.9 Å². The number of alkyl halides is 9. The minimum absolute atomic E-state index is 0.0545. The maximum absolute atomic E-state index is 13.0. The van der Waals surface area contributed by atoms with E-state index in [1.165, 1.54) is 23.1 Å². The smallest absolute Gasteiger partial charge is 0.482 e. The van der Waals surface area contributed by atoms with Gasteiger partial charge in [0.25, 0.3) is 11.8 Å². The van der Waals surface area contributed by atoms with E-state index in [1.54, 1.807) is 25.1 Å². The first-order chi connectivity index (χ1) is 30.0. The molecule has 2 heterocycles. The second-order valence-electron chi connectivity index (χ2n) is 14.0. The first kappa shape index (κ1) is 46.7. The highest BCUT2D eigenvalue weighted by molar-refractivity contribution is 7.88. The molecule has 0 aliphatic carbocycles. The van der Waals surface area contributed by atoms with Crippen LogP contribution in [0.5, 0.6) is 11.5 Å². The highest BCUT2D eigenvalue weighted by Gasteiger charge is 2.49. The minimum atomic E-state index is -5.95. The van der Waals surface area contributed by atoms with Crippen LogP contribution in [0.15, 0.2) is 103 Å². The summed E-state index contributed by atoms with van der Waals surface area (Å²) in [4.78, 5) is 39.4. The SMILES string of the molecule is CCOC(=O)COc1ccc(/C=C/c2cccc3c2CN(c2ccc(C(F)(F)F)cc2)C3=O)cc1C.O=C1c2cccc(OS(=O)(=O)C(F)(F)F)c2CN1c1ccc(C(F)(F)F)cc1. The lowest BCUT2D eigenvalue weighted by molar-refractivity contribution is -0.145. The van der Waals surface area contributed by atoms with E-state index >= 15 is 0 Å². The first-order valence-electron chi connectivity index (χ1n) is 18.8. The zero-order chi connectivity index (χ0) is 46.8. The number of rotatable bonds is 10. The number of halogens is 9. The lowest BCUT2D eigenvalue weighted by Crippen LogP contribution is -2.28. The highest BCUT2D eigenvalue weighted by Crippen LogP contribution is 2.39. The molecule has 5 aromatic carbocycles. The molecule has 0 atom stereocenters. The Morgan fingerprint density at radius 1 is 0.672 bits per heavy atom. The molecule has 0 bridgehead atoms. The summed E-state index contributed by atoms with van der Waals surface area (Å²) < 4.78 is 151. The van der Waals surface area contributed by atoms with Crippen LogP contribution in [0.4, 0.5) is 50.9 Å². The van der Waals surface area contributed by atoms with Crippen molar-refractivity contribution in [1.29, 1.82) is 0 Å². The van der Waals surface area contributed by atoms with E-state index in [-0.39, 0.29) is 42.4 Å². The third-order valence-electron chi connectivity index (χ3n) is 9.73. The van der Waals surface area contributed by atoms with Crippen LogP contribution in [-0.2, 0) is 45.1 Å². The van der Waals surface area contributed by atoms with Gasteiger partial charge in [0.15, 0.2) is 6.61 Å². The normalized spacial score (nSPS) is 14.0. The largest absolute Gasteiger partial charge is 0.534 e. The molecule has 2 amide bonds. The molecule has 20 heteroatoms. The number of carbonyl (C=O) groups is 3. The van der Waals surface area contributed by atoms with Gasteiger partial charge in [-0.15, -0.1) is 0 Å². The molecule has 336 valence electrons. The molecule has 0 saturated heterocycles. The maximum atomic E-state index is 13.0. The quantitative estimate of drug-likeness (QED) is 0.0447. The van der Waals surface area contributed by atoms with E-state index in [0.29, 0.717) is 23.6 Å². The highest BCUT2D eigenvalue weighted by atomic mass is 32.2. The summed E-state index contributed by atoms with van der Waals surface area (Å²) in [6.07, 6.45) is -5.21. The van der Waals surface area contributed by atoms with Gasteiger partial charge in [0.1, 0.15) is 11.5 Å². The standard InChI is InChI=1S/C28H24F3NO4.C16H9F6NO4S/c1-3-35-26(33)17-36-25-14-8-19(15-18(25)2)7-9-20-5-4-6-23-24(20)16-32(27(23)34)22-12-10-21(11-13-22)28(29,30)31;17-15(18,19)9-4-6-10(7-5-9)23-8-12-11(14(23)24)2-1-3-13(12)27-28(25,26)16(20,21)22/h4-15H,3,16-17H2,1-2H3;1-7H,8H2/b9-7+;. The van der Waals surface area contributed by atoms with Gasteiger partial charge in [-0.05, 0) is 115 Å². The molecule has 0 aromatic heterocycles. The van der Waals surface area contributed by atoms with Gasteiger partial charge < -0.3 is 23.5 Å². The number of hydrogen-bond acceptors (Lipinski definition) is 8. The second kappa shape index (κ2) is 18.1. The average Bonchev–Trinajstić information content (AvgIpc) is 3.76. The molecule has 10 nitrogen and oxygen atoms in total. The van der Waals surface area contributed by atoms with E-state index in [1.807, 2.05) is 37.3 Å². The van der Waals surface area contributed by atoms with E-state index in [9.17, 15) is 62.3 Å². The molecular weight excluding hydrogens is 888 g/mol. The van der Waals surface area contributed by atoms with Crippen molar-refractivity contribution in [3.05, 3.63) is 153 Å². The molecule has 2 aliphatic rings. The number of fused-ring (bicyclic) bond motifs is 2. The Labute approximate surface area is 359 Å². The van der Waals surface area contributed by atoms with Gasteiger partial charge in [0.05, 0.1) is 30.8 Å². The van der Waals surface area contributed by atoms with Crippen LogP contribution in [0.3, 0.4) is 0 Å². The third kappa shape index (κ3) is 10.3. The van der Waals surface area contributed by atoms with Crippen molar-refractivity contribution in [3.8, 4) is 11.5 Å². The Morgan fingerprint density at radius 3 is 1.69 bits per heavy atom. The van der Waals surface area contributed by atoms with Gasteiger partial charge in [-0.1, -0.05) is 36.4 Å². The average molecular weight is 921 g/mol. The molecular formula is C44H33F9N2O8S. The Balaban J connectivity index is 0.000000219. The maximum Gasteiger partial charge on any atom is 0.534 e. The van der Waals surface area contributed by atoms with Gasteiger partial charge >= 0.3 is 33.9 Å². The van der Waals surface area contributed by atoms with Crippen LogP contribution >= 0.6 is 0 Å². The van der Waals surface area contributed by atoms with Crippen LogP contribution < -0.4 is 18.7 Å². The molecule has 2 aliphatic heterocycles. The Bertz CT molecular complexity index is 2720. The topological polar surface area (TPSA) is 120 Å². The van der Waals surface area contributed by atoms with Crippen LogP contribution in [0.2, 0.25) is 0 Å². The zero-order valence-corrected chi connectivity index (χ0v) is 34.1. The summed E-state index contributed by atoms with van der Waals surface area (Å²) in [5.74, 6) is -1.50. The summed E-state index contributed by atoms with van der Waals surface area (Å²) in [5, 5.41) is 0. The molecule has 0 saturated carbocycles. The lowest BCUT2D eigenvalue weighted by Gasteiger charge is -2.17. The lowest BCUT2D eigenvalue weighted by atomic mass is 10.0. The van der Waals surface area contributed by atoms with Crippen LogP contribution in [-0.4, -0.2) is 44.9 Å². The number of aryl methyl sites for hydroxylation is 1. The summed E-state index contributed by atoms with van der Waals surface area (Å²) in [6.45, 7) is 3.63. The van der Waals surface area contributed by atoms with Gasteiger partial charge in [0, 0.05) is 28.1 Å². The van der Waals surface area contributed by atoms with Crippen LogP contribution in [0.1, 0.15) is 66.6 Å². The zero-order valence-electron chi connectivity index (χ0n) is 33.3. The summed E-state index contributed by atoms with van der Waals surface area (Å²) in [7, 11) is -5.95. The fraction of sp³-hybridized carbons (Fsp3) is 0.205. The molecule has 0 unspecified atom stereocenters. The van der Waals surface area contributed by atoms with Gasteiger partial charge in [-0.25, -0.2) is 4.79 Å². The van der Waals surface area contributed by atoms with Crippen molar-refractivity contribution >= 4 is 51.4 Å². The van der Waals surface area contributed by atoms with Gasteiger partial charge in [0.2, 0.25) is 0 Å². The monoisotopic (exact) mass is 920 g/mol. The molecule has 64 heavy (non-hydrogen) atoms. The molecule has 7 rings (SSSR count). The second-order valence-corrected chi connectivity index (χ2v) is 15.5. The van der Waals surface area contributed by atoms with Crippen molar-refractivity contribution in [1.82, 2.24) is 0 Å². The predicted octanol–water partition coefficient (Wildman–Crippen LogP) is 10.4. The van der Waals surface area contributed by atoms with E-state index in [0.717, 1.165) is 75.7 Å². The fourth-order valence-corrected chi connectivity index (χ4v) is 7.09. The molecule has 0 N–H and O–H groups in total. The number of amides is 2. The summed E-state index contributed by atoms with van der Waals surface area (Å²) in [6, 6.07) is 22.4. The van der Waals surface area contributed by atoms with Crippen LogP contribution in [0, 0.1) is 6.92 Å². The molecule has 5 aromatic rings. The number of esters is 1. The Hall–Kier alpha value is -6.83. The molecule has 0 radical (unpaired) electrons. The van der Waals surface area contributed by atoms with Crippen LogP contribution in [0.25, 0.3) is 12.2 Å². The van der Waals surface area contributed by atoms with Crippen molar-refractivity contribution in [3.63, 3.8) is 0 Å². The molecule has 0 fully saturated rings. The van der Waals surface area contributed by atoms with Crippen molar-refractivity contribution in [2.75, 3.05) is 23.0 Å². The predicted molar refractivity (Wildman–Crippen MR) is 215 cm³/mol. The third-order valence-corrected chi connectivity index (χ3v) is 10.7. The number of anilines is 2. The van der Waals surface area contributed by atoms with Crippen molar-refractivity contribution in [2.24, 2.45) is 0 Å². The van der Waals surface area contributed by atoms with Crippen molar-refractivity contribution < 1.29 is 76.0 Å². The Morgan fingerprint density at radius 2 is 1.19 bits per heavy atom. The number of carbonyl (C=O) groups excluding carboxylic acids is 3. The number of hydrogen-bond donors (Lipinski definition) is 0. The van der Waals surface area contributed by atoms with E-state index in [4.69, 9.17) is 9.47 Å². The van der Waals surface area contributed by atoms with E-state index < -0.39 is 56.7 Å². The first-order valence-corrected chi connectivity index (χ1v) is 20.2. The minimum Gasteiger partial charge on any atom is -0.482 e. The number of benzene rings is 5.